The fraction of sp³-hybridized carbons (Fsp3) is 0.250. The molecule has 35 heavy (non-hydrogen) atoms. The molecule has 2 unspecified atom stereocenters. The highest BCUT2D eigenvalue weighted by Crippen LogP contribution is 2.60. The fourth-order valence-corrected chi connectivity index (χ4v) is 5.55. The molecular weight excluding hydrogens is 432 g/mol. The first-order valence-corrected chi connectivity index (χ1v) is 12.2. The lowest BCUT2D eigenvalue weighted by Gasteiger charge is -2.49. The molecule has 4 aromatic rings. The summed E-state index contributed by atoms with van der Waals surface area (Å²) in [5, 5.41) is 0. The maximum absolute atomic E-state index is 7.77. The van der Waals surface area contributed by atoms with E-state index in [2.05, 4.69) is 111 Å². The van der Waals surface area contributed by atoms with Gasteiger partial charge in [0.2, 0.25) is 0 Å². The molecule has 0 spiro atoms. The highest BCUT2D eigenvalue weighted by atomic mass is 16.7. The van der Waals surface area contributed by atoms with Crippen molar-refractivity contribution in [2.45, 2.75) is 36.3 Å². The third-order valence-corrected chi connectivity index (χ3v) is 7.67. The Morgan fingerprint density at radius 2 is 0.714 bits per heavy atom. The molecule has 4 aromatic carbocycles. The van der Waals surface area contributed by atoms with Crippen LogP contribution in [0.4, 0.5) is 0 Å². The zero-order valence-electron chi connectivity index (χ0n) is 20.2. The smallest absolute Gasteiger partial charge is 0.151 e. The van der Waals surface area contributed by atoms with Crippen LogP contribution in [-0.2, 0) is 25.4 Å². The molecular formula is C32H30O3. The molecule has 2 aliphatic rings. The van der Waals surface area contributed by atoms with Crippen LogP contribution in [0.1, 0.15) is 36.1 Å². The van der Waals surface area contributed by atoms with Gasteiger partial charge in [0.25, 0.3) is 0 Å². The predicted molar refractivity (Wildman–Crippen MR) is 137 cm³/mol. The average Bonchev–Trinajstić information content (AvgIpc) is 3.86. The summed E-state index contributed by atoms with van der Waals surface area (Å²) in [6.07, 6.45) is 0. The van der Waals surface area contributed by atoms with E-state index in [-0.39, 0.29) is 0 Å². The largest absolute Gasteiger partial charge is 0.366 e. The van der Waals surface area contributed by atoms with Crippen LogP contribution in [0.2, 0.25) is 0 Å². The summed E-state index contributed by atoms with van der Waals surface area (Å²) < 4.78 is 20.3. The van der Waals surface area contributed by atoms with E-state index in [9.17, 15) is 0 Å². The van der Waals surface area contributed by atoms with Gasteiger partial charge in [-0.05, 0) is 36.1 Å². The van der Waals surface area contributed by atoms with Crippen molar-refractivity contribution in [2.75, 3.05) is 13.2 Å². The van der Waals surface area contributed by atoms with Crippen LogP contribution >= 0.6 is 0 Å². The van der Waals surface area contributed by atoms with Crippen molar-refractivity contribution in [2.24, 2.45) is 0 Å². The molecule has 2 atom stereocenters. The van der Waals surface area contributed by atoms with E-state index < -0.39 is 22.4 Å². The summed E-state index contributed by atoms with van der Waals surface area (Å²) in [5.41, 5.74) is 1.40. The Bertz CT molecular complexity index is 1100. The molecule has 2 aliphatic heterocycles. The minimum Gasteiger partial charge on any atom is -0.366 e. The van der Waals surface area contributed by atoms with Gasteiger partial charge in [-0.25, -0.2) is 0 Å². The Labute approximate surface area is 207 Å². The molecule has 3 nitrogen and oxygen atoms in total. The average molecular weight is 463 g/mol. The highest BCUT2D eigenvalue weighted by Gasteiger charge is 2.69. The molecule has 176 valence electrons. The normalized spacial score (nSPS) is 23.6. The third-order valence-electron chi connectivity index (χ3n) is 7.67. The molecule has 2 fully saturated rings. The van der Waals surface area contributed by atoms with E-state index in [0.29, 0.717) is 13.2 Å². The number of hydrogen-bond donors (Lipinski definition) is 0. The third kappa shape index (κ3) is 3.38. The van der Waals surface area contributed by atoms with Gasteiger partial charge in [-0.15, -0.1) is 0 Å². The zero-order chi connectivity index (χ0) is 24.0. The van der Waals surface area contributed by atoms with Gasteiger partial charge in [0, 0.05) is 0 Å². The molecule has 0 radical (unpaired) electrons. The fourth-order valence-electron chi connectivity index (χ4n) is 5.55. The van der Waals surface area contributed by atoms with Gasteiger partial charge in [-0.2, -0.15) is 0 Å². The van der Waals surface area contributed by atoms with E-state index in [1.165, 1.54) is 0 Å². The van der Waals surface area contributed by atoms with Crippen molar-refractivity contribution in [1.29, 1.82) is 0 Å². The van der Waals surface area contributed by atoms with Crippen LogP contribution in [-0.4, -0.2) is 24.4 Å². The molecule has 6 rings (SSSR count). The van der Waals surface area contributed by atoms with E-state index in [4.69, 9.17) is 14.2 Å². The van der Waals surface area contributed by atoms with Crippen molar-refractivity contribution in [1.82, 2.24) is 0 Å². The van der Waals surface area contributed by atoms with Crippen LogP contribution in [0.25, 0.3) is 0 Å². The lowest BCUT2D eigenvalue weighted by Crippen LogP contribution is -2.55. The summed E-state index contributed by atoms with van der Waals surface area (Å²) in [4.78, 5) is 0. The monoisotopic (exact) mass is 462 g/mol. The second-order valence-corrected chi connectivity index (χ2v) is 9.97. The molecule has 0 saturated carbocycles. The van der Waals surface area contributed by atoms with Crippen LogP contribution in [0.3, 0.4) is 0 Å². The second kappa shape index (κ2) is 8.17. The minimum absolute atomic E-state index is 0.546. The van der Waals surface area contributed by atoms with Crippen LogP contribution in [0, 0.1) is 0 Å². The standard InChI is InChI=1S/C32H30O3/c1-29(23-33-29)31(25-15-7-3-8-16-25,26-17-9-4-10-18-26)35-32(30(2)24-34-30,27-19-11-5-12-20-27)28-21-13-6-14-22-28/h3-22H,23-24H2,1-2H3. The predicted octanol–water partition coefficient (Wildman–Crippen LogP) is 6.47. The van der Waals surface area contributed by atoms with Gasteiger partial charge >= 0.3 is 0 Å². The van der Waals surface area contributed by atoms with Crippen molar-refractivity contribution in [3.8, 4) is 0 Å². The molecule has 2 heterocycles. The zero-order valence-corrected chi connectivity index (χ0v) is 20.2. The van der Waals surface area contributed by atoms with Crippen molar-refractivity contribution in [3.63, 3.8) is 0 Å². The Kier molecular flexibility index (Phi) is 5.19. The lowest BCUT2D eigenvalue weighted by atomic mass is 9.72. The summed E-state index contributed by atoms with van der Waals surface area (Å²) in [6, 6.07) is 42.0. The van der Waals surface area contributed by atoms with Gasteiger partial charge in [0.1, 0.15) is 11.2 Å². The van der Waals surface area contributed by atoms with Crippen LogP contribution < -0.4 is 0 Å². The highest BCUT2D eigenvalue weighted by molar-refractivity contribution is 5.47. The number of hydrogen-bond acceptors (Lipinski definition) is 3. The van der Waals surface area contributed by atoms with E-state index in [1.54, 1.807) is 0 Å². The summed E-state index contributed by atoms with van der Waals surface area (Å²) in [7, 11) is 0. The topological polar surface area (TPSA) is 34.3 Å². The van der Waals surface area contributed by atoms with Crippen molar-refractivity contribution < 1.29 is 14.2 Å². The molecule has 0 aliphatic carbocycles. The Morgan fingerprint density at radius 1 is 0.486 bits per heavy atom. The van der Waals surface area contributed by atoms with Crippen molar-refractivity contribution in [3.05, 3.63) is 144 Å². The lowest BCUT2D eigenvalue weighted by molar-refractivity contribution is -0.183. The Morgan fingerprint density at radius 3 is 0.914 bits per heavy atom. The summed E-state index contributed by atoms with van der Waals surface area (Å²) in [6.45, 7) is 5.52. The first-order valence-electron chi connectivity index (χ1n) is 12.2. The second-order valence-electron chi connectivity index (χ2n) is 9.97. The van der Waals surface area contributed by atoms with E-state index >= 15 is 0 Å². The maximum atomic E-state index is 7.77. The van der Waals surface area contributed by atoms with Gasteiger partial charge in [-0.1, -0.05) is 121 Å². The molecule has 2 saturated heterocycles. The SMILES string of the molecule is CC1(C(OC(c2ccccc2)(c2ccccc2)C2(C)CO2)(c2ccccc2)c2ccccc2)CO1. The quantitative estimate of drug-likeness (QED) is 0.282. The van der Waals surface area contributed by atoms with Gasteiger partial charge in [0.15, 0.2) is 11.2 Å². The van der Waals surface area contributed by atoms with Crippen molar-refractivity contribution >= 4 is 0 Å². The minimum atomic E-state index is -0.879. The van der Waals surface area contributed by atoms with Gasteiger partial charge < -0.3 is 14.2 Å². The Balaban J connectivity index is 1.69. The van der Waals surface area contributed by atoms with Gasteiger partial charge in [0.05, 0.1) is 13.2 Å². The maximum Gasteiger partial charge on any atom is 0.151 e. The summed E-state index contributed by atoms with van der Waals surface area (Å²) >= 11 is 0. The Hall–Kier alpha value is -3.24. The number of benzene rings is 4. The molecule has 0 N–H and O–H groups in total. The summed E-state index contributed by atoms with van der Waals surface area (Å²) in [5.74, 6) is 0. The number of ether oxygens (including phenoxy) is 3. The van der Waals surface area contributed by atoms with Crippen LogP contribution in [0.15, 0.2) is 121 Å². The van der Waals surface area contributed by atoms with E-state index in [1.807, 2.05) is 24.3 Å². The van der Waals surface area contributed by atoms with Gasteiger partial charge in [-0.3, -0.25) is 0 Å². The number of rotatable bonds is 8. The molecule has 0 bridgehead atoms. The van der Waals surface area contributed by atoms with E-state index in [0.717, 1.165) is 22.3 Å². The molecule has 3 heteroatoms. The first-order chi connectivity index (χ1) is 17.0. The number of epoxide rings is 2. The first kappa shape index (κ1) is 22.2. The molecule has 0 amide bonds. The molecule has 0 aromatic heterocycles. The van der Waals surface area contributed by atoms with Crippen LogP contribution in [0.5, 0.6) is 0 Å².